The summed E-state index contributed by atoms with van der Waals surface area (Å²) in [5.41, 5.74) is 4.57. The number of benzene rings is 2. The predicted molar refractivity (Wildman–Crippen MR) is 95.7 cm³/mol. The van der Waals surface area contributed by atoms with Gasteiger partial charge in [-0.2, -0.15) is 0 Å². The van der Waals surface area contributed by atoms with E-state index >= 15 is 0 Å². The summed E-state index contributed by atoms with van der Waals surface area (Å²) in [7, 11) is 0. The number of H-pyrrole nitrogens is 1. The first-order valence-electron chi connectivity index (χ1n) is 7.85. The molecule has 0 fully saturated rings. The minimum atomic E-state index is 0.00191. The summed E-state index contributed by atoms with van der Waals surface area (Å²) in [6.07, 6.45) is 2.86. The summed E-state index contributed by atoms with van der Waals surface area (Å²) in [6.45, 7) is 0. The van der Waals surface area contributed by atoms with Crippen LogP contribution in [-0.2, 0) is 12.8 Å². The molecule has 4 heteroatoms. The zero-order chi connectivity index (χ0) is 15.8. The highest BCUT2D eigenvalue weighted by atomic mass is 79.9. The molecule has 1 heterocycles. The molecule has 3 aromatic rings. The third kappa shape index (κ3) is 2.79. The largest absolute Gasteiger partial charge is 0.358 e. The van der Waals surface area contributed by atoms with Gasteiger partial charge in [-0.25, -0.2) is 0 Å². The van der Waals surface area contributed by atoms with E-state index in [0.717, 1.165) is 23.7 Å². The molecule has 1 unspecified atom stereocenters. The van der Waals surface area contributed by atoms with Crippen molar-refractivity contribution in [2.24, 2.45) is 0 Å². The lowest BCUT2D eigenvalue weighted by Crippen LogP contribution is -2.38. The molecule has 3 nitrogen and oxygen atoms in total. The second kappa shape index (κ2) is 5.85. The lowest BCUT2D eigenvalue weighted by atomic mass is 9.91. The molecule has 1 aliphatic carbocycles. The molecule has 0 bridgehead atoms. The van der Waals surface area contributed by atoms with Gasteiger partial charge in [0.15, 0.2) is 0 Å². The monoisotopic (exact) mass is 368 g/mol. The Hall–Kier alpha value is -2.07. The smallest absolute Gasteiger partial charge is 0.251 e. The highest BCUT2D eigenvalue weighted by molar-refractivity contribution is 9.10. The first-order valence-corrected chi connectivity index (χ1v) is 8.65. The maximum Gasteiger partial charge on any atom is 0.251 e. The van der Waals surface area contributed by atoms with Gasteiger partial charge < -0.3 is 10.3 Å². The first kappa shape index (κ1) is 14.5. The third-order valence-electron chi connectivity index (χ3n) is 4.54. The summed E-state index contributed by atoms with van der Waals surface area (Å²) in [5.74, 6) is 0.00191. The SMILES string of the molecule is O=C(NC1CCc2c([nH]c3ccccc23)C1)c1ccc(Br)cc1. The number of aromatic amines is 1. The van der Waals surface area contributed by atoms with Gasteiger partial charge in [-0.1, -0.05) is 34.1 Å². The molecule has 4 rings (SSSR count). The molecule has 0 spiro atoms. The van der Waals surface area contributed by atoms with E-state index in [2.05, 4.69) is 50.5 Å². The summed E-state index contributed by atoms with van der Waals surface area (Å²) < 4.78 is 0.981. The molecule has 1 atom stereocenters. The van der Waals surface area contributed by atoms with Gasteiger partial charge in [0.25, 0.3) is 5.91 Å². The minimum absolute atomic E-state index is 0.00191. The van der Waals surface area contributed by atoms with E-state index in [4.69, 9.17) is 0 Å². The van der Waals surface area contributed by atoms with Gasteiger partial charge in [0.05, 0.1) is 0 Å². The number of nitrogens with one attached hydrogen (secondary N) is 2. The number of rotatable bonds is 2. The maximum absolute atomic E-state index is 12.4. The van der Waals surface area contributed by atoms with Crippen LogP contribution in [0.4, 0.5) is 0 Å². The van der Waals surface area contributed by atoms with E-state index in [1.54, 1.807) is 0 Å². The molecule has 1 amide bonds. The molecule has 0 radical (unpaired) electrons. The van der Waals surface area contributed by atoms with Crippen molar-refractivity contribution in [3.05, 3.63) is 69.8 Å². The molecule has 0 saturated heterocycles. The molecule has 116 valence electrons. The molecule has 0 aliphatic heterocycles. The number of hydrogen-bond donors (Lipinski definition) is 2. The second-order valence-corrected chi connectivity index (χ2v) is 6.96. The zero-order valence-electron chi connectivity index (χ0n) is 12.6. The van der Waals surface area contributed by atoms with Crippen LogP contribution in [0.3, 0.4) is 0 Å². The summed E-state index contributed by atoms with van der Waals surface area (Å²) in [6, 6.07) is 16.1. The summed E-state index contributed by atoms with van der Waals surface area (Å²) in [4.78, 5) is 15.9. The van der Waals surface area contributed by atoms with Crippen LogP contribution in [0.15, 0.2) is 53.0 Å². The van der Waals surface area contributed by atoms with Crippen LogP contribution in [-0.4, -0.2) is 16.9 Å². The van der Waals surface area contributed by atoms with Gasteiger partial charge >= 0.3 is 0 Å². The fraction of sp³-hybridized carbons (Fsp3) is 0.211. The number of amides is 1. The van der Waals surface area contributed by atoms with Crippen molar-refractivity contribution < 1.29 is 4.79 Å². The number of aryl methyl sites for hydroxylation is 1. The Kier molecular flexibility index (Phi) is 3.69. The Labute approximate surface area is 143 Å². The number of carbonyl (C=O) groups is 1. The fourth-order valence-electron chi connectivity index (χ4n) is 3.38. The van der Waals surface area contributed by atoms with Gasteiger partial charge in [0.1, 0.15) is 0 Å². The molecular formula is C19H17BrN2O. The van der Waals surface area contributed by atoms with E-state index in [1.807, 2.05) is 24.3 Å². The lowest BCUT2D eigenvalue weighted by molar-refractivity contribution is 0.0933. The van der Waals surface area contributed by atoms with Gasteiger partial charge in [0, 0.05) is 39.1 Å². The molecular weight excluding hydrogens is 352 g/mol. The number of halogens is 1. The lowest BCUT2D eigenvalue weighted by Gasteiger charge is -2.23. The Morgan fingerprint density at radius 2 is 1.91 bits per heavy atom. The third-order valence-corrected chi connectivity index (χ3v) is 5.07. The van der Waals surface area contributed by atoms with Crippen molar-refractivity contribution in [3.8, 4) is 0 Å². The van der Waals surface area contributed by atoms with Crippen LogP contribution < -0.4 is 5.32 Å². The Balaban J connectivity index is 1.52. The summed E-state index contributed by atoms with van der Waals surface area (Å²) >= 11 is 3.39. The number of para-hydroxylation sites is 1. The summed E-state index contributed by atoms with van der Waals surface area (Å²) in [5, 5.41) is 4.49. The standard InChI is InChI=1S/C19H17BrN2O/c20-13-7-5-12(6-8-13)19(23)21-14-9-10-16-15-3-1-2-4-17(15)22-18(16)11-14/h1-8,14,22H,9-11H2,(H,21,23). The number of fused-ring (bicyclic) bond motifs is 3. The average molecular weight is 369 g/mol. The molecule has 2 aromatic carbocycles. The molecule has 1 aliphatic rings. The van der Waals surface area contributed by atoms with Crippen molar-refractivity contribution in [2.45, 2.75) is 25.3 Å². The Bertz CT molecular complexity index is 867. The fourth-order valence-corrected chi connectivity index (χ4v) is 3.64. The highest BCUT2D eigenvalue weighted by Gasteiger charge is 2.23. The van der Waals surface area contributed by atoms with Crippen LogP contribution in [0.25, 0.3) is 10.9 Å². The van der Waals surface area contributed by atoms with E-state index in [1.165, 1.54) is 22.2 Å². The quantitative estimate of drug-likeness (QED) is 0.698. The van der Waals surface area contributed by atoms with Gasteiger partial charge in [0.2, 0.25) is 0 Å². The topological polar surface area (TPSA) is 44.9 Å². The van der Waals surface area contributed by atoms with Crippen molar-refractivity contribution >= 4 is 32.7 Å². The molecule has 0 saturated carbocycles. The van der Waals surface area contributed by atoms with Crippen LogP contribution >= 0.6 is 15.9 Å². The van der Waals surface area contributed by atoms with Crippen LogP contribution in [0.2, 0.25) is 0 Å². The molecule has 23 heavy (non-hydrogen) atoms. The minimum Gasteiger partial charge on any atom is -0.358 e. The normalized spacial score (nSPS) is 17.0. The molecule has 2 N–H and O–H groups in total. The van der Waals surface area contributed by atoms with Crippen molar-refractivity contribution in [1.29, 1.82) is 0 Å². The first-order chi connectivity index (χ1) is 11.2. The second-order valence-electron chi connectivity index (χ2n) is 6.05. The number of aromatic nitrogens is 1. The van der Waals surface area contributed by atoms with E-state index in [-0.39, 0.29) is 11.9 Å². The van der Waals surface area contributed by atoms with E-state index in [9.17, 15) is 4.79 Å². The maximum atomic E-state index is 12.4. The Morgan fingerprint density at radius 3 is 2.74 bits per heavy atom. The highest BCUT2D eigenvalue weighted by Crippen LogP contribution is 2.29. The molecule has 1 aromatic heterocycles. The van der Waals surface area contributed by atoms with Gasteiger partial charge in [-0.3, -0.25) is 4.79 Å². The van der Waals surface area contributed by atoms with Crippen LogP contribution in [0.1, 0.15) is 28.0 Å². The van der Waals surface area contributed by atoms with E-state index in [0.29, 0.717) is 5.56 Å². The van der Waals surface area contributed by atoms with Crippen molar-refractivity contribution in [3.63, 3.8) is 0 Å². The van der Waals surface area contributed by atoms with Gasteiger partial charge in [-0.05, 0) is 48.7 Å². The van der Waals surface area contributed by atoms with E-state index < -0.39 is 0 Å². The Morgan fingerprint density at radius 1 is 1.13 bits per heavy atom. The van der Waals surface area contributed by atoms with Crippen molar-refractivity contribution in [1.82, 2.24) is 10.3 Å². The zero-order valence-corrected chi connectivity index (χ0v) is 14.2. The predicted octanol–water partition coefficient (Wildman–Crippen LogP) is 4.22. The van der Waals surface area contributed by atoms with Crippen LogP contribution in [0.5, 0.6) is 0 Å². The van der Waals surface area contributed by atoms with Crippen molar-refractivity contribution in [2.75, 3.05) is 0 Å². The average Bonchev–Trinajstić information content (AvgIpc) is 2.93. The van der Waals surface area contributed by atoms with Gasteiger partial charge in [-0.15, -0.1) is 0 Å². The number of carbonyl (C=O) groups excluding carboxylic acids is 1. The van der Waals surface area contributed by atoms with Crippen LogP contribution in [0, 0.1) is 0 Å². The number of hydrogen-bond acceptors (Lipinski definition) is 1.